The first-order valence-electron chi connectivity index (χ1n) is 4.37. The number of aromatic amines is 2. The fraction of sp³-hybridized carbons (Fsp3) is 0.111. The van der Waals surface area contributed by atoms with Crippen LogP contribution in [0.3, 0.4) is 0 Å². The smallest absolute Gasteiger partial charge is 0.272 e. The van der Waals surface area contributed by atoms with Gasteiger partial charge in [0.15, 0.2) is 0 Å². The van der Waals surface area contributed by atoms with Crippen LogP contribution in [0.5, 0.6) is 0 Å². The Hall–Kier alpha value is -1.04. The van der Waals surface area contributed by atoms with Crippen molar-refractivity contribution in [2.24, 2.45) is 0 Å². The molecule has 2 N–H and O–H groups in total. The number of nitrogens with zero attached hydrogens (tertiary/aromatic N) is 1. The molecule has 0 saturated heterocycles. The second-order valence-electron chi connectivity index (χ2n) is 3.22. The van der Waals surface area contributed by atoms with Crippen LogP contribution in [0.4, 0.5) is 0 Å². The van der Waals surface area contributed by atoms with Crippen molar-refractivity contribution in [2.45, 2.75) is 6.92 Å². The van der Waals surface area contributed by atoms with Crippen LogP contribution in [-0.2, 0) is 0 Å². The van der Waals surface area contributed by atoms with Gasteiger partial charge in [-0.3, -0.25) is 5.10 Å². The Morgan fingerprint density at radius 1 is 1.31 bits per heavy atom. The normalized spacial score (nSPS) is 10.7. The van der Waals surface area contributed by atoms with Crippen LogP contribution in [-0.4, -0.2) is 14.8 Å². The number of aromatic nitrogens is 3. The van der Waals surface area contributed by atoms with Crippen LogP contribution < -0.4 is 5.69 Å². The maximum absolute atomic E-state index is 11.5. The third-order valence-corrected chi connectivity index (χ3v) is 3.23. The molecule has 0 saturated carbocycles. The number of hydrogen-bond acceptors (Lipinski definition) is 2. The lowest BCUT2D eigenvalue weighted by molar-refractivity contribution is 0.973. The van der Waals surface area contributed by atoms with E-state index < -0.39 is 5.69 Å². The number of aryl methyl sites for hydroxylation is 1. The summed E-state index contributed by atoms with van der Waals surface area (Å²) in [5.74, 6) is 0. The lowest BCUT2D eigenvalue weighted by Gasteiger charge is -2.08. The summed E-state index contributed by atoms with van der Waals surface area (Å²) in [5.41, 5.74) is 0.818. The van der Waals surface area contributed by atoms with E-state index in [0.717, 1.165) is 5.56 Å². The van der Waals surface area contributed by atoms with Crippen molar-refractivity contribution in [2.75, 3.05) is 0 Å². The molecule has 0 aliphatic heterocycles. The molecule has 1 aromatic heterocycles. The maximum Gasteiger partial charge on any atom is 0.347 e. The lowest BCUT2D eigenvalue weighted by Crippen LogP contribution is -2.16. The van der Waals surface area contributed by atoms with E-state index in [9.17, 15) is 4.79 Å². The third kappa shape index (κ3) is 1.71. The molecule has 2 aromatic rings. The topological polar surface area (TPSA) is 53.6 Å². The van der Waals surface area contributed by atoms with Gasteiger partial charge in [0.2, 0.25) is 4.77 Å². The monoisotopic (exact) mass is 275 g/mol. The minimum absolute atomic E-state index is 0.222. The van der Waals surface area contributed by atoms with E-state index in [1.165, 1.54) is 4.57 Å². The fourth-order valence-electron chi connectivity index (χ4n) is 1.36. The molecule has 0 radical (unpaired) electrons. The van der Waals surface area contributed by atoms with Crippen molar-refractivity contribution in [1.82, 2.24) is 14.8 Å². The highest BCUT2D eigenvalue weighted by atomic mass is 35.5. The van der Waals surface area contributed by atoms with Crippen LogP contribution >= 0.6 is 35.4 Å². The first-order chi connectivity index (χ1) is 7.52. The predicted molar refractivity (Wildman–Crippen MR) is 66.3 cm³/mol. The molecule has 0 aliphatic rings. The summed E-state index contributed by atoms with van der Waals surface area (Å²) < 4.78 is 1.45. The molecule has 0 aliphatic carbocycles. The summed E-state index contributed by atoms with van der Waals surface area (Å²) in [6, 6.07) is 3.45. The zero-order chi connectivity index (χ0) is 11.9. The summed E-state index contributed by atoms with van der Waals surface area (Å²) in [6.07, 6.45) is 0. The number of rotatable bonds is 1. The number of halogens is 2. The number of benzene rings is 1. The standard InChI is InChI=1S/C9H7Cl2N3OS/c1-4-2-3-5(10)7(6(4)11)14-8(15)12-13-9(14)16/h2-3H,1H3,(H,12,15)(H,13,16). The second-order valence-corrected chi connectivity index (χ2v) is 4.39. The molecule has 0 atom stereocenters. The van der Waals surface area contributed by atoms with Gasteiger partial charge in [0.05, 0.1) is 15.7 Å². The van der Waals surface area contributed by atoms with Crippen molar-refractivity contribution in [3.63, 3.8) is 0 Å². The fourth-order valence-corrected chi connectivity index (χ4v) is 2.13. The molecular formula is C9H7Cl2N3OS. The lowest BCUT2D eigenvalue weighted by atomic mass is 10.2. The quantitative estimate of drug-likeness (QED) is 0.787. The Kier molecular flexibility index (Phi) is 2.92. The highest BCUT2D eigenvalue weighted by molar-refractivity contribution is 7.71. The zero-order valence-corrected chi connectivity index (χ0v) is 10.5. The Balaban J connectivity index is 2.89. The Bertz CT molecular complexity index is 628. The van der Waals surface area contributed by atoms with Gasteiger partial charge in [0.25, 0.3) is 0 Å². The molecule has 2 rings (SSSR count). The highest BCUT2D eigenvalue weighted by Crippen LogP contribution is 2.30. The van der Waals surface area contributed by atoms with E-state index in [-0.39, 0.29) is 4.77 Å². The maximum atomic E-state index is 11.5. The number of hydrogen-bond donors (Lipinski definition) is 2. The van der Waals surface area contributed by atoms with Gasteiger partial charge in [0.1, 0.15) is 0 Å². The van der Waals surface area contributed by atoms with Gasteiger partial charge in [-0.1, -0.05) is 29.3 Å². The van der Waals surface area contributed by atoms with E-state index in [4.69, 9.17) is 35.4 Å². The molecule has 16 heavy (non-hydrogen) atoms. The van der Waals surface area contributed by atoms with E-state index in [2.05, 4.69) is 10.2 Å². The second kappa shape index (κ2) is 4.08. The van der Waals surface area contributed by atoms with Gasteiger partial charge in [-0.2, -0.15) is 0 Å². The van der Waals surface area contributed by atoms with Crippen LogP contribution in [0.1, 0.15) is 5.56 Å². The molecular weight excluding hydrogens is 269 g/mol. The van der Waals surface area contributed by atoms with E-state index in [1.807, 2.05) is 6.92 Å². The van der Waals surface area contributed by atoms with Crippen LogP contribution in [0.2, 0.25) is 10.0 Å². The molecule has 0 fully saturated rings. The highest BCUT2D eigenvalue weighted by Gasteiger charge is 2.13. The van der Waals surface area contributed by atoms with Crippen LogP contribution in [0, 0.1) is 11.7 Å². The van der Waals surface area contributed by atoms with Gasteiger partial charge in [0, 0.05) is 0 Å². The molecule has 7 heteroatoms. The third-order valence-electron chi connectivity index (χ3n) is 2.17. The summed E-state index contributed by atoms with van der Waals surface area (Å²) in [4.78, 5) is 11.5. The van der Waals surface area contributed by atoms with Crippen molar-refractivity contribution < 1.29 is 0 Å². The Morgan fingerprint density at radius 2 is 2.00 bits per heavy atom. The van der Waals surface area contributed by atoms with Crippen molar-refractivity contribution in [3.8, 4) is 5.69 Å². The SMILES string of the molecule is Cc1ccc(Cl)c(-n2c(=O)[nH][nH]c2=S)c1Cl. The minimum Gasteiger partial charge on any atom is -0.272 e. The van der Waals surface area contributed by atoms with E-state index in [1.54, 1.807) is 12.1 Å². The van der Waals surface area contributed by atoms with Crippen molar-refractivity contribution >= 4 is 35.4 Å². The summed E-state index contributed by atoms with van der Waals surface area (Å²) in [7, 11) is 0. The largest absolute Gasteiger partial charge is 0.347 e. The first kappa shape index (κ1) is 11.4. The average Bonchev–Trinajstić information content (AvgIpc) is 2.56. The molecule has 0 bridgehead atoms. The molecule has 0 unspecified atom stereocenters. The van der Waals surface area contributed by atoms with Crippen LogP contribution in [0.15, 0.2) is 16.9 Å². The van der Waals surface area contributed by atoms with Gasteiger partial charge >= 0.3 is 5.69 Å². The minimum atomic E-state index is -0.403. The molecule has 1 heterocycles. The average molecular weight is 276 g/mol. The van der Waals surface area contributed by atoms with Gasteiger partial charge in [-0.15, -0.1) is 0 Å². The molecule has 4 nitrogen and oxygen atoms in total. The molecule has 0 amide bonds. The van der Waals surface area contributed by atoms with Gasteiger partial charge in [-0.05, 0) is 30.8 Å². The van der Waals surface area contributed by atoms with Crippen molar-refractivity contribution in [3.05, 3.63) is 43.0 Å². The Morgan fingerprint density at radius 3 is 2.56 bits per heavy atom. The summed E-state index contributed by atoms with van der Waals surface area (Å²) >= 11 is 17.1. The number of nitrogens with one attached hydrogen (secondary N) is 2. The Labute approximate surface area is 106 Å². The summed E-state index contributed by atoms with van der Waals surface area (Å²) in [5, 5.41) is 5.69. The molecule has 0 spiro atoms. The van der Waals surface area contributed by atoms with Gasteiger partial charge < -0.3 is 0 Å². The van der Waals surface area contributed by atoms with Gasteiger partial charge in [-0.25, -0.2) is 14.5 Å². The zero-order valence-electron chi connectivity index (χ0n) is 8.17. The first-order valence-corrected chi connectivity index (χ1v) is 5.53. The molecule has 84 valence electrons. The number of H-pyrrole nitrogens is 2. The van der Waals surface area contributed by atoms with E-state index >= 15 is 0 Å². The van der Waals surface area contributed by atoms with Crippen molar-refractivity contribution in [1.29, 1.82) is 0 Å². The summed E-state index contributed by atoms with van der Waals surface area (Å²) in [6.45, 7) is 1.83. The molecule has 1 aromatic carbocycles. The predicted octanol–water partition coefficient (Wildman–Crippen LogP) is 2.84. The van der Waals surface area contributed by atoms with E-state index in [0.29, 0.717) is 15.7 Å². The van der Waals surface area contributed by atoms with Crippen LogP contribution in [0.25, 0.3) is 5.69 Å².